The second-order valence-corrected chi connectivity index (χ2v) is 51.9. The van der Waals surface area contributed by atoms with E-state index < -0.39 is 0 Å². The molecular formula is C135H174O11. The number of rotatable bonds is 22. The van der Waals surface area contributed by atoms with E-state index in [1.807, 2.05) is 42.5 Å². The standard InChI is InChI=1S/C25H36O2.C18H26.C17H20O3.C15H18O2.C15H16O2.C14H16.C12H16.C10H12.C9H14O2/c1-24(2,3)21-13-18(14-22(15-21)25(4,5)6)8-10-23(26)27-16-20-12-17-7-9-19(20)11-17;1(3-15-9-13-5-7-17(15)11-13)2-4-16-10-14-6-8-18(16)12-14;1-11(18)20-16-6-4-13(10-17(16)19-2)9-15-8-12-3-5-14(15)7-12;1-17-15-9-11(3-5-14(15)16)8-13-7-10-2-4-12(13)6-10;1-10(16)17-14-6-4-12(5-7-14)15-9-11-2-3-13(15)8-11;1-10-2-5-12(6-3-10)14-9-11-4-7-13(14)8-11;1-2-8-5-7(1)11-9-3-4-10(6-9)12(8)11;1-2-9-7-4-5-8(6-7)10(9)3-1;10-4-8-6-1-2-7(3-6)9(8)5-11/h7,9,13-15,17,19-20H,8,10-12,16H2,1-6H3;5-8,13-18H,1-4,9-12H2;3-6,10,12,14-15H,7-9H2,1-2H3;2-5,9-10,12-13,16H,6-8H2,1H3;2-7,11,13,15H,8-9H2,1H3;2-7,11,13-14H,8-9H2,1H3;1-2,7-12H,3-6H2;1-2,4-5,7-10H,3,6H2;1-2,6-11H,3-5H2/t;;;;;;;;6?,7?,8-,9+. The van der Waals surface area contributed by atoms with Gasteiger partial charge in [0, 0.05) is 33.5 Å². The summed E-state index contributed by atoms with van der Waals surface area (Å²) < 4.78 is 26.3. The zero-order valence-corrected chi connectivity index (χ0v) is 90.0. The smallest absolute Gasteiger partial charge is 0.308 e. The molecule has 11 heteroatoms. The number of esters is 3. The molecule has 22 bridgehead atoms. The maximum absolute atomic E-state index is 12.3. The Hall–Kier alpha value is -9.03. The van der Waals surface area contributed by atoms with Gasteiger partial charge in [-0.05, 0) is 467 Å². The van der Waals surface area contributed by atoms with Crippen molar-refractivity contribution in [3.63, 3.8) is 0 Å². The molecule has 12 fully saturated rings. The summed E-state index contributed by atoms with van der Waals surface area (Å²) in [6, 6.07) is 35.5. The summed E-state index contributed by atoms with van der Waals surface area (Å²) in [6.07, 6.45) is 91.6. The topological polar surface area (TPSA) is 158 Å². The van der Waals surface area contributed by atoms with E-state index in [0.717, 1.165) is 191 Å². The van der Waals surface area contributed by atoms with Gasteiger partial charge in [0.1, 0.15) is 5.75 Å². The van der Waals surface area contributed by atoms with Crippen molar-refractivity contribution in [2.45, 2.75) is 271 Å². The molecule has 0 heterocycles. The van der Waals surface area contributed by atoms with Gasteiger partial charge in [0.25, 0.3) is 0 Å². The Morgan fingerprint density at radius 1 is 0.370 bits per heavy atom. The summed E-state index contributed by atoms with van der Waals surface area (Å²) in [7, 11) is 3.20. The lowest BCUT2D eigenvalue weighted by Gasteiger charge is -2.31. The van der Waals surface area contributed by atoms with Crippen LogP contribution in [0.1, 0.15) is 279 Å². The first-order chi connectivity index (χ1) is 70.6. The average Bonchev–Trinajstić information content (AvgIpc) is 1.56. The van der Waals surface area contributed by atoms with Crippen LogP contribution in [0.25, 0.3) is 0 Å². The molecule has 3 N–H and O–H groups in total. The van der Waals surface area contributed by atoms with Crippen LogP contribution in [0.15, 0.2) is 237 Å². The first kappa shape index (κ1) is 104. The molecule has 5 aromatic carbocycles. The summed E-state index contributed by atoms with van der Waals surface area (Å²) in [5, 5.41) is 27.7. The van der Waals surface area contributed by atoms with Crippen LogP contribution in [0.4, 0.5) is 0 Å². The highest BCUT2D eigenvalue weighted by molar-refractivity contribution is 5.71. The Morgan fingerprint density at radius 2 is 0.781 bits per heavy atom. The minimum atomic E-state index is -0.325. The summed E-state index contributed by atoms with van der Waals surface area (Å²) in [5.41, 5.74) is 10.9. The lowest BCUT2D eigenvalue weighted by Crippen LogP contribution is -2.25. The summed E-state index contributed by atoms with van der Waals surface area (Å²) in [5.74, 6) is 31.4. The lowest BCUT2D eigenvalue weighted by molar-refractivity contribution is -0.145. The van der Waals surface area contributed by atoms with Gasteiger partial charge in [-0.1, -0.05) is 260 Å². The third-order valence-corrected chi connectivity index (χ3v) is 40.5. The van der Waals surface area contributed by atoms with Crippen molar-refractivity contribution in [2.75, 3.05) is 34.0 Å². The number of phenolic OH excluding ortho intramolecular Hbond substituents is 1. The number of aromatic hydroxyl groups is 1. The normalized spacial score (nSPS) is 36.8. The van der Waals surface area contributed by atoms with Crippen LogP contribution in [0.3, 0.4) is 0 Å². The molecule has 11 nitrogen and oxygen atoms in total. The fourth-order valence-electron chi connectivity index (χ4n) is 33.0. The molecule has 35 atom stereocenters. The maximum atomic E-state index is 12.3. The van der Waals surface area contributed by atoms with Gasteiger partial charge >= 0.3 is 17.9 Å². The monoisotopic (exact) mass is 1970 g/mol. The van der Waals surface area contributed by atoms with Gasteiger partial charge in [-0.3, -0.25) is 14.4 Å². The van der Waals surface area contributed by atoms with Gasteiger partial charge in [-0.15, -0.1) is 0 Å². The summed E-state index contributed by atoms with van der Waals surface area (Å²) >= 11 is 0. The predicted molar refractivity (Wildman–Crippen MR) is 589 cm³/mol. The highest BCUT2D eigenvalue weighted by atomic mass is 16.6. The second-order valence-electron chi connectivity index (χ2n) is 51.9. The molecule has 28 rings (SSSR count). The molecule has 0 saturated heterocycles. The van der Waals surface area contributed by atoms with Crippen molar-refractivity contribution in [2.24, 2.45) is 195 Å². The van der Waals surface area contributed by atoms with Crippen molar-refractivity contribution < 1.29 is 53.4 Å². The Morgan fingerprint density at radius 3 is 1.21 bits per heavy atom. The molecule has 23 aliphatic carbocycles. The van der Waals surface area contributed by atoms with Crippen molar-refractivity contribution >= 4 is 17.9 Å². The van der Waals surface area contributed by atoms with Crippen LogP contribution in [-0.4, -0.2) is 67.3 Å². The van der Waals surface area contributed by atoms with Crippen LogP contribution in [0, 0.1) is 202 Å². The number of carbonyl (C=O) groups excluding carboxylic acids is 3. The zero-order valence-electron chi connectivity index (χ0n) is 90.0. The SMILES string of the molecule is C1=CC2C3C=CC(C3)C2C1.C1=CC2CC1C1C3CCC(C3)C21.C1=CC2CC1CC2CCCCC1CC2C=CC1C2.CC(=O)Oc1ccc(C2CC3C=CC2C3)cc1.CC(C)(C)c1cc(CCC(=O)OCC2CC3C=CC2C3)cc(C(C)(C)C)c1.COc1cc(CC2CC3C=CC2C3)ccc1O.COc1cc(CC2CC3C=CC2C3)ccc1OC(C)=O.Cc1ccc(C2CC3C=CC2C3)cc1.OC[C@@H]1C2C=CC(C2)[C@@H]1CO. The van der Waals surface area contributed by atoms with Crippen LogP contribution in [0.2, 0.25) is 0 Å². The highest BCUT2D eigenvalue weighted by Gasteiger charge is 2.58. The number of allylic oxidation sites excluding steroid dienone is 22. The van der Waals surface area contributed by atoms with Gasteiger partial charge in [0.15, 0.2) is 23.0 Å². The average molecular weight is 1970 g/mol. The van der Waals surface area contributed by atoms with E-state index in [1.165, 1.54) is 188 Å². The molecule has 12 saturated carbocycles. The number of carbonyl (C=O) groups is 3. The number of phenols is 1. The van der Waals surface area contributed by atoms with Crippen molar-refractivity contribution in [1.82, 2.24) is 0 Å². The van der Waals surface area contributed by atoms with E-state index in [9.17, 15) is 19.5 Å². The molecule has 146 heavy (non-hydrogen) atoms. The molecule has 5 aromatic rings. The number of aryl methyl sites for hydroxylation is 2. The molecule has 23 aliphatic rings. The molecule has 0 aromatic heterocycles. The number of aliphatic hydroxyl groups excluding tert-OH is 2. The Bertz CT molecular complexity index is 5560. The number of unbranched alkanes of at least 4 members (excludes halogenated alkanes) is 1. The minimum Gasteiger partial charge on any atom is -0.504 e. The fraction of sp³-hybridized carbons (Fsp3) is 0.593. The molecule has 0 radical (unpaired) electrons. The Labute approximate surface area is 876 Å². The van der Waals surface area contributed by atoms with E-state index in [-0.39, 0.29) is 47.7 Å². The van der Waals surface area contributed by atoms with Crippen LogP contribution in [0.5, 0.6) is 28.7 Å². The molecular weight excluding hydrogens is 1800 g/mol. The van der Waals surface area contributed by atoms with E-state index in [1.54, 1.807) is 45.1 Å². The van der Waals surface area contributed by atoms with Gasteiger partial charge in [0.2, 0.25) is 0 Å². The first-order valence-electron chi connectivity index (χ1n) is 58.2. The second kappa shape index (κ2) is 46.0. The number of ether oxygens (including phenoxy) is 5. The quantitative estimate of drug-likeness (QED) is 0.0199. The van der Waals surface area contributed by atoms with Gasteiger partial charge in [0.05, 0.1) is 20.8 Å². The largest absolute Gasteiger partial charge is 0.504 e. The van der Waals surface area contributed by atoms with E-state index in [4.69, 9.17) is 33.9 Å². The minimum absolute atomic E-state index is 0.0553. The maximum Gasteiger partial charge on any atom is 0.308 e. The van der Waals surface area contributed by atoms with Gasteiger partial charge < -0.3 is 39.0 Å². The van der Waals surface area contributed by atoms with Crippen LogP contribution < -0.4 is 18.9 Å². The number of benzene rings is 5. The summed E-state index contributed by atoms with van der Waals surface area (Å²) in [6.45, 7) is 19.5. The van der Waals surface area contributed by atoms with Crippen LogP contribution >= 0.6 is 0 Å². The molecule has 0 spiro atoms. The highest BCUT2D eigenvalue weighted by Crippen LogP contribution is 2.66. The Balaban J connectivity index is 0.000000101. The third-order valence-electron chi connectivity index (χ3n) is 40.5. The zero-order chi connectivity index (χ0) is 101. The predicted octanol–water partition coefficient (Wildman–Crippen LogP) is 30.1. The number of aliphatic hydroxyl groups is 2. The number of hydrogen-bond donors (Lipinski definition) is 3. The Kier molecular flexibility index (Phi) is 32.8. The molecule has 0 amide bonds. The summed E-state index contributed by atoms with van der Waals surface area (Å²) in [4.78, 5) is 34.2. The molecule has 780 valence electrons. The van der Waals surface area contributed by atoms with Gasteiger partial charge in [-0.2, -0.15) is 0 Å². The molecule has 33 unspecified atom stereocenters. The van der Waals surface area contributed by atoms with Crippen LogP contribution in [-0.2, 0) is 49.2 Å². The number of hydrogen-bond acceptors (Lipinski definition) is 11. The van der Waals surface area contributed by atoms with Gasteiger partial charge in [-0.25, -0.2) is 0 Å². The lowest BCUT2D eigenvalue weighted by atomic mass is 9.73. The van der Waals surface area contributed by atoms with E-state index in [2.05, 4.69) is 237 Å². The molecule has 0 aliphatic heterocycles. The van der Waals surface area contributed by atoms with Crippen molar-refractivity contribution in [3.05, 3.63) is 281 Å². The van der Waals surface area contributed by atoms with Crippen molar-refractivity contribution in [1.29, 1.82) is 0 Å². The van der Waals surface area contributed by atoms with E-state index in [0.29, 0.717) is 77.5 Å². The first-order valence-corrected chi connectivity index (χ1v) is 58.2. The number of fused-ring (bicyclic) bond motifs is 30. The number of methoxy groups -OCH3 is 2. The third kappa shape index (κ3) is 24.4. The van der Waals surface area contributed by atoms with Crippen molar-refractivity contribution in [3.8, 4) is 28.7 Å². The van der Waals surface area contributed by atoms with E-state index >= 15 is 0 Å². The fourth-order valence-corrected chi connectivity index (χ4v) is 33.0.